The first-order valence-corrected chi connectivity index (χ1v) is 5.76. The summed E-state index contributed by atoms with van der Waals surface area (Å²) in [5, 5.41) is 3.25. The minimum absolute atomic E-state index is 0.737. The van der Waals surface area contributed by atoms with Gasteiger partial charge in [0.15, 0.2) is 0 Å². The molecule has 0 fully saturated rings. The van der Waals surface area contributed by atoms with Crippen molar-refractivity contribution in [3.8, 4) is 0 Å². The summed E-state index contributed by atoms with van der Waals surface area (Å²) in [6.45, 7) is 1.91. The van der Waals surface area contributed by atoms with Gasteiger partial charge < -0.3 is 15.6 Å². The maximum Gasteiger partial charge on any atom is 0.127 e. The standard InChI is InChI=1S/C12H17N5/c13-11-3-5-16-12(9-11)15-4-1-2-7-17-8-6-14-10-17/h3,5-6,8-10H,1-2,4,7H2,(H3,13,15,16). The van der Waals surface area contributed by atoms with Crippen molar-refractivity contribution in [2.24, 2.45) is 0 Å². The summed E-state index contributed by atoms with van der Waals surface area (Å²) >= 11 is 0. The van der Waals surface area contributed by atoms with Gasteiger partial charge in [-0.3, -0.25) is 0 Å². The SMILES string of the molecule is Nc1ccnc(NCCCCn2ccnc2)c1. The average Bonchev–Trinajstić information content (AvgIpc) is 2.82. The molecule has 0 aliphatic heterocycles. The van der Waals surface area contributed by atoms with E-state index >= 15 is 0 Å². The fourth-order valence-corrected chi connectivity index (χ4v) is 1.60. The Labute approximate surface area is 101 Å². The predicted octanol–water partition coefficient (Wildman–Crippen LogP) is 1.75. The molecule has 0 aliphatic carbocycles. The Balaban J connectivity index is 1.63. The Morgan fingerprint density at radius 3 is 3.00 bits per heavy atom. The normalized spacial score (nSPS) is 10.4. The molecule has 2 rings (SSSR count). The molecular formula is C12H17N5. The first-order chi connectivity index (χ1) is 8.34. The lowest BCUT2D eigenvalue weighted by Gasteiger charge is -2.06. The van der Waals surface area contributed by atoms with Crippen LogP contribution in [0.2, 0.25) is 0 Å². The molecule has 0 saturated carbocycles. The van der Waals surface area contributed by atoms with Crippen molar-refractivity contribution < 1.29 is 0 Å². The number of pyridine rings is 1. The zero-order chi connectivity index (χ0) is 11.9. The van der Waals surface area contributed by atoms with Gasteiger partial charge in [0.1, 0.15) is 5.82 Å². The van der Waals surface area contributed by atoms with Gasteiger partial charge in [0.05, 0.1) is 6.33 Å². The number of anilines is 2. The van der Waals surface area contributed by atoms with Crippen LogP contribution in [0.25, 0.3) is 0 Å². The average molecular weight is 231 g/mol. The molecular weight excluding hydrogens is 214 g/mol. The molecule has 5 heteroatoms. The number of hydrogen-bond donors (Lipinski definition) is 2. The van der Waals surface area contributed by atoms with Crippen molar-refractivity contribution in [2.45, 2.75) is 19.4 Å². The van der Waals surface area contributed by atoms with Gasteiger partial charge in [0, 0.05) is 43.4 Å². The van der Waals surface area contributed by atoms with Crippen LogP contribution in [0.1, 0.15) is 12.8 Å². The molecule has 0 aliphatic rings. The molecule has 5 nitrogen and oxygen atoms in total. The summed E-state index contributed by atoms with van der Waals surface area (Å²) in [5.41, 5.74) is 6.40. The van der Waals surface area contributed by atoms with Crippen molar-refractivity contribution in [3.05, 3.63) is 37.1 Å². The Morgan fingerprint density at radius 2 is 2.24 bits per heavy atom. The third kappa shape index (κ3) is 3.79. The fraction of sp³-hybridized carbons (Fsp3) is 0.333. The number of hydrogen-bond acceptors (Lipinski definition) is 4. The molecule has 2 aromatic heterocycles. The highest BCUT2D eigenvalue weighted by atomic mass is 15.0. The largest absolute Gasteiger partial charge is 0.399 e. The minimum atomic E-state index is 0.737. The number of aromatic nitrogens is 3. The lowest BCUT2D eigenvalue weighted by molar-refractivity contribution is 0.620. The number of aryl methyl sites for hydroxylation is 1. The molecule has 0 spiro atoms. The second kappa shape index (κ2) is 5.89. The number of nitrogens with zero attached hydrogens (tertiary/aromatic N) is 3. The van der Waals surface area contributed by atoms with Crippen LogP contribution in [0.3, 0.4) is 0 Å². The van der Waals surface area contributed by atoms with Crippen LogP contribution in [0.5, 0.6) is 0 Å². The van der Waals surface area contributed by atoms with Gasteiger partial charge in [0.2, 0.25) is 0 Å². The smallest absolute Gasteiger partial charge is 0.127 e. The molecule has 2 aromatic rings. The van der Waals surface area contributed by atoms with E-state index in [1.807, 2.05) is 18.6 Å². The van der Waals surface area contributed by atoms with Crippen LogP contribution in [-0.4, -0.2) is 21.1 Å². The van der Waals surface area contributed by atoms with Crippen LogP contribution in [0, 0.1) is 0 Å². The summed E-state index contributed by atoms with van der Waals surface area (Å²) in [6.07, 6.45) is 9.54. The number of unbranched alkanes of at least 4 members (excludes halogenated alkanes) is 1. The van der Waals surface area contributed by atoms with E-state index in [1.54, 1.807) is 18.5 Å². The molecule has 17 heavy (non-hydrogen) atoms. The van der Waals surface area contributed by atoms with E-state index in [-0.39, 0.29) is 0 Å². The van der Waals surface area contributed by atoms with E-state index in [4.69, 9.17) is 5.73 Å². The van der Waals surface area contributed by atoms with Gasteiger partial charge in [-0.1, -0.05) is 0 Å². The number of imidazole rings is 1. The lowest BCUT2D eigenvalue weighted by atomic mass is 10.3. The third-order valence-corrected chi connectivity index (χ3v) is 2.49. The number of rotatable bonds is 6. The molecule has 90 valence electrons. The topological polar surface area (TPSA) is 68.8 Å². The van der Waals surface area contributed by atoms with Gasteiger partial charge in [0.25, 0.3) is 0 Å². The molecule has 0 saturated heterocycles. The molecule has 0 aromatic carbocycles. The van der Waals surface area contributed by atoms with Crippen LogP contribution < -0.4 is 11.1 Å². The second-order valence-electron chi connectivity index (χ2n) is 3.91. The van der Waals surface area contributed by atoms with Gasteiger partial charge in [-0.2, -0.15) is 0 Å². The molecule has 0 unspecified atom stereocenters. The highest BCUT2D eigenvalue weighted by molar-refractivity contribution is 5.48. The molecule has 3 N–H and O–H groups in total. The summed E-state index contributed by atoms with van der Waals surface area (Å²) in [7, 11) is 0. The summed E-state index contributed by atoms with van der Waals surface area (Å²) < 4.78 is 2.08. The summed E-state index contributed by atoms with van der Waals surface area (Å²) in [6, 6.07) is 3.63. The maximum absolute atomic E-state index is 5.66. The number of nitrogen functional groups attached to an aromatic ring is 1. The van der Waals surface area contributed by atoms with Crippen LogP contribution in [0.15, 0.2) is 37.1 Å². The van der Waals surface area contributed by atoms with E-state index in [9.17, 15) is 0 Å². The first-order valence-electron chi connectivity index (χ1n) is 5.76. The Morgan fingerprint density at radius 1 is 1.29 bits per heavy atom. The van der Waals surface area contributed by atoms with Gasteiger partial charge in [-0.25, -0.2) is 9.97 Å². The van der Waals surface area contributed by atoms with Crippen molar-refractivity contribution in [2.75, 3.05) is 17.6 Å². The monoisotopic (exact) mass is 231 g/mol. The van der Waals surface area contributed by atoms with E-state index in [2.05, 4.69) is 19.9 Å². The number of nitrogens with one attached hydrogen (secondary N) is 1. The maximum atomic E-state index is 5.66. The molecule has 2 heterocycles. The zero-order valence-electron chi connectivity index (χ0n) is 9.71. The van der Waals surface area contributed by atoms with Crippen molar-refractivity contribution in [1.82, 2.24) is 14.5 Å². The van der Waals surface area contributed by atoms with Crippen LogP contribution in [0.4, 0.5) is 11.5 Å². The fourth-order valence-electron chi connectivity index (χ4n) is 1.60. The van der Waals surface area contributed by atoms with E-state index < -0.39 is 0 Å². The van der Waals surface area contributed by atoms with Crippen molar-refractivity contribution >= 4 is 11.5 Å². The van der Waals surface area contributed by atoms with Crippen LogP contribution in [-0.2, 0) is 6.54 Å². The highest BCUT2D eigenvalue weighted by Crippen LogP contribution is 2.07. The van der Waals surface area contributed by atoms with Crippen LogP contribution >= 0.6 is 0 Å². The van der Waals surface area contributed by atoms with E-state index in [0.29, 0.717) is 0 Å². The summed E-state index contributed by atoms with van der Waals surface area (Å²) in [5.74, 6) is 0.840. The summed E-state index contributed by atoms with van der Waals surface area (Å²) in [4.78, 5) is 8.18. The Bertz CT molecular complexity index is 438. The van der Waals surface area contributed by atoms with E-state index in [0.717, 1.165) is 37.4 Å². The second-order valence-corrected chi connectivity index (χ2v) is 3.91. The molecule has 0 atom stereocenters. The lowest BCUT2D eigenvalue weighted by Crippen LogP contribution is -2.05. The Hall–Kier alpha value is -2.04. The quantitative estimate of drug-likeness (QED) is 0.743. The first kappa shape index (κ1) is 11.4. The van der Waals surface area contributed by atoms with E-state index in [1.165, 1.54) is 0 Å². The molecule has 0 radical (unpaired) electrons. The van der Waals surface area contributed by atoms with Crippen molar-refractivity contribution in [3.63, 3.8) is 0 Å². The predicted molar refractivity (Wildman–Crippen MR) is 68.6 cm³/mol. The minimum Gasteiger partial charge on any atom is -0.399 e. The molecule has 0 bridgehead atoms. The highest BCUT2D eigenvalue weighted by Gasteiger charge is 1.94. The zero-order valence-corrected chi connectivity index (χ0v) is 9.71. The van der Waals surface area contributed by atoms with Gasteiger partial charge in [-0.05, 0) is 18.9 Å². The van der Waals surface area contributed by atoms with Gasteiger partial charge >= 0.3 is 0 Å². The van der Waals surface area contributed by atoms with Gasteiger partial charge in [-0.15, -0.1) is 0 Å². The van der Waals surface area contributed by atoms with Crippen molar-refractivity contribution in [1.29, 1.82) is 0 Å². The number of nitrogens with two attached hydrogens (primary N) is 1. The molecule has 0 amide bonds. The third-order valence-electron chi connectivity index (χ3n) is 2.49. The Kier molecular flexibility index (Phi) is 3.96.